The Bertz CT molecular complexity index is 931. The molecule has 1 aromatic carbocycles. The Morgan fingerprint density at radius 3 is 2.31 bits per heavy atom. The van der Waals surface area contributed by atoms with E-state index in [1.165, 1.54) is 16.6 Å². The molecular weight excluding hydrogens is 374 g/mol. The van der Waals surface area contributed by atoms with E-state index in [0.29, 0.717) is 42.6 Å². The monoisotopic (exact) mass is 397 g/mol. The summed E-state index contributed by atoms with van der Waals surface area (Å²) in [5.41, 5.74) is 1.41. The van der Waals surface area contributed by atoms with Crippen molar-refractivity contribution < 1.29 is 19.2 Å². The Kier molecular flexibility index (Phi) is 6.06. The smallest absolute Gasteiger partial charge is 0.273 e. The Morgan fingerprint density at radius 1 is 1.03 bits per heavy atom. The molecule has 2 heterocycles. The largest absolute Gasteiger partial charge is 0.354 e. The van der Waals surface area contributed by atoms with Crippen molar-refractivity contribution in [2.24, 2.45) is 7.05 Å². The van der Waals surface area contributed by atoms with E-state index in [0.717, 1.165) is 0 Å². The minimum absolute atomic E-state index is 0.161. The van der Waals surface area contributed by atoms with Gasteiger partial charge >= 0.3 is 0 Å². The molecule has 4 amide bonds. The summed E-state index contributed by atoms with van der Waals surface area (Å²) in [6.45, 7) is 0.331. The van der Waals surface area contributed by atoms with Gasteiger partial charge in [0.2, 0.25) is 5.91 Å². The first-order valence-corrected chi connectivity index (χ1v) is 9.43. The van der Waals surface area contributed by atoms with Crippen LogP contribution < -0.4 is 10.6 Å². The number of nitrogens with one attached hydrogen (secondary N) is 2. The van der Waals surface area contributed by atoms with Crippen LogP contribution in [0.15, 0.2) is 30.5 Å². The molecule has 1 aliphatic rings. The molecule has 2 aromatic rings. The van der Waals surface area contributed by atoms with Gasteiger partial charge in [0.15, 0.2) is 5.69 Å². The number of carbonyl (C=O) groups excluding carboxylic acids is 4. The van der Waals surface area contributed by atoms with Crippen LogP contribution in [0.2, 0.25) is 0 Å². The number of fused-ring (bicyclic) bond motifs is 1. The van der Waals surface area contributed by atoms with Gasteiger partial charge in [-0.1, -0.05) is 18.6 Å². The normalized spacial score (nSPS) is 12.8. The molecule has 1 aromatic heterocycles. The third-order valence-electron chi connectivity index (χ3n) is 4.71. The maximum atomic E-state index is 12.3. The first-order valence-electron chi connectivity index (χ1n) is 9.43. The summed E-state index contributed by atoms with van der Waals surface area (Å²) in [4.78, 5) is 49.8. The molecule has 0 aliphatic carbocycles. The first kappa shape index (κ1) is 20.2. The molecule has 0 fully saturated rings. The lowest BCUT2D eigenvalue weighted by Gasteiger charge is -2.13. The average Bonchev–Trinajstić information content (AvgIpc) is 3.19. The van der Waals surface area contributed by atoms with Gasteiger partial charge in [-0.15, -0.1) is 0 Å². The molecule has 152 valence electrons. The van der Waals surface area contributed by atoms with Gasteiger partial charge in [-0.3, -0.25) is 28.8 Å². The lowest BCUT2D eigenvalue weighted by atomic mass is 10.1. The second-order valence-corrected chi connectivity index (χ2v) is 6.81. The summed E-state index contributed by atoms with van der Waals surface area (Å²) in [5, 5.41) is 9.23. The van der Waals surface area contributed by atoms with Crippen molar-refractivity contribution in [3.63, 3.8) is 0 Å². The maximum Gasteiger partial charge on any atom is 0.273 e. The fourth-order valence-electron chi connectivity index (χ4n) is 3.25. The van der Waals surface area contributed by atoms with Gasteiger partial charge in [0.25, 0.3) is 17.7 Å². The number of nitrogens with zero attached hydrogens (tertiary/aromatic N) is 3. The number of hydrogen-bond acceptors (Lipinski definition) is 5. The number of unbranched alkanes of at least 4 members (excludes halogenated alkanes) is 2. The van der Waals surface area contributed by atoms with E-state index in [1.54, 1.807) is 37.5 Å². The molecule has 2 N–H and O–H groups in total. The van der Waals surface area contributed by atoms with Crippen molar-refractivity contribution >= 4 is 29.3 Å². The summed E-state index contributed by atoms with van der Waals surface area (Å²) >= 11 is 0. The van der Waals surface area contributed by atoms with Crippen LogP contribution in [-0.2, 0) is 11.8 Å². The van der Waals surface area contributed by atoms with Gasteiger partial charge in [0.05, 0.1) is 16.8 Å². The van der Waals surface area contributed by atoms with Crippen LogP contribution in [0.4, 0.5) is 5.69 Å². The lowest BCUT2D eigenvalue weighted by Crippen LogP contribution is -2.30. The molecule has 0 atom stereocenters. The van der Waals surface area contributed by atoms with Crippen molar-refractivity contribution in [1.82, 2.24) is 20.0 Å². The van der Waals surface area contributed by atoms with E-state index >= 15 is 0 Å². The van der Waals surface area contributed by atoms with Crippen LogP contribution in [0.1, 0.15) is 56.9 Å². The quantitative estimate of drug-likeness (QED) is 0.519. The number of aromatic nitrogens is 2. The number of hydrogen-bond donors (Lipinski definition) is 2. The van der Waals surface area contributed by atoms with Crippen LogP contribution in [0.25, 0.3) is 0 Å². The van der Waals surface area contributed by atoms with E-state index in [4.69, 9.17) is 0 Å². The SMILES string of the molecule is CNC(=O)c1nn(C)cc1NC(=O)CCCCCN1C(=O)c2ccccc2C1=O. The number of amides is 4. The van der Waals surface area contributed by atoms with Gasteiger partial charge in [-0.05, 0) is 25.0 Å². The third-order valence-corrected chi connectivity index (χ3v) is 4.71. The summed E-state index contributed by atoms with van der Waals surface area (Å²) in [7, 11) is 3.16. The van der Waals surface area contributed by atoms with E-state index in [9.17, 15) is 19.2 Å². The van der Waals surface area contributed by atoms with Crippen LogP contribution in [0, 0.1) is 0 Å². The highest BCUT2D eigenvalue weighted by molar-refractivity contribution is 6.21. The molecule has 0 unspecified atom stereocenters. The number of anilines is 1. The first-order chi connectivity index (χ1) is 13.9. The van der Waals surface area contributed by atoms with Gasteiger partial charge in [0, 0.05) is 33.3 Å². The molecule has 0 spiro atoms. The Hall–Kier alpha value is -3.49. The minimum Gasteiger partial charge on any atom is -0.354 e. The van der Waals surface area contributed by atoms with Crippen LogP contribution in [-0.4, -0.2) is 51.9 Å². The van der Waals surface area contributed by atoms with Crippen LogP contribution in [0.3, 0.4) is 0 Å². The number of aryl methyl sites for hydroxylation is 1. The molecule has 9 nitrogen and oxygen atoms in total. The fourth-order valence-corrected chi connectivity index (χ4v) is 3.25. The average molecular weight is 397 g/mol. The molecule has 9 heteroatoms. The third kappa shape index (κ3) is 4.34. The second kappa shape index (κ2) is 8.68. The predicted octanol–water partition coefficient (Wildman–Crippen LogP) is 1.57. The van der Waals surface area contributed by atoms with E-state index in [-0.39, 0.29) is 35.7 Å². The summed E-state index contributed by atoms with van der Waals surface area (Å²) in [6.07, 6.45) is 3.75. The summed E-state index contributed by atoms with van der Waals surface area (Å²) in [5.74, 6) is -1.12. The lowest BCUT2D eigenvalue weighted by molar-refractivity contribution is -0.116. The maximum absolute atomic E-state index is 12.3. The topological polar surface area (TPSA) is 113 Å². The van der Waals surface area contributed by atoms with E-state index in [2.05, 4.69) is 15.7 Å². The molecule has 0 bridgehead atoms. The van der Waals surface area contributed by atoms with Crippen molar-refractivity contribution in [2.75, 3.05) is 18.9 Å². The second-order valence-electron chi connectivity index (χ2n) is 6.81. The number of benzene rings is 1. The minimum atomic E-state index is -0.373. The molecule has 0 radical (unpaired) electrons. The van der Waals surface area contributed by atoms with Crippen molar-refractivity contribution in [1.29, 1.82) is 0 Å². The van der Waals surface area contributed by atoms with Gasteiger partial charge < -0.3 is 10.6 Å². The summed E-state index contributed by atoms with van der Waals surface area (Å²) < 4.78 is 1.46. The standard InChI is InChI=1S/C20H23N5O4/c1-21-18(27)17-15(12-24(2)23-17)22-16(26)10-4-3-7-11-25-19(28)13-8-5-6-9-14(13)20(25)29/h5-6,8-9,12H,3-4,7,10-11H2,1-2H3,(H,21,27)(H,22,26). The molecule has 3 rings (SSSR count). The highest BCUT2D eigenvalue weighted by Gasteiger charge is 2.34. The highest BCUT2D eigenvalue weighted by Crippen LogP contribution is 2.23. The fraction of sp³-hybridized carbons (Fsp3) is 0.350. The van der Waals surface area contributed by atoms with E-state index in [1.807, 2.05) is 0 Å². The number of carbonyl (C=O) groups is 4. The van der Waals surface area contributed by atoms with Gasteiger partial charge in [0.1, 0.15) is 0 Å². The molecule has 0 saturated carbocycles. The molecular formula is C20H23N5O4. The Morgan fingerprint density at radius 2 is 1.69 bits per heavy atom. The zero-order valence-corrected chi connectivity index (χ0v) is 16.4. The summed E-state index contributed by atoms with van der Waals surface area (Å²) in [6, 6.07) is 6.80. The molecule has 0 saturated heterocycles. The van der Waals surface area contributed by atoms with Gasteiger partial charge in [-0.2, -0.15) is 5.10 Å². The molecule has 1 aliphatic heterocycles. The number of imide groups is 1. The van der Waals surface area contributed by atoms with Crippen molar-refractivity contribution in [3.8, 4) is 0 Å². The Balaban J connectivity index is 1.43. The van der Waals surface area contributed by atoms with Crippen LogP contribution >= 0.6 is 0 Å². The molecule has 29 heavy (non-hydrogen) atoms. The predicted molar refractivity (Wildman–Crippen MR) is 106 cm³/mol. The van der Waals surface area contributed by atoms with Crippen LogP contribution in [0.5, 0.6) is 0 Å². The van der Waals surface area contributed by atoms with E-state index < -0.39 is 0 Å². The Labute approximate surface area is 168 Å². The zero-order valence-electron chi connectivity index (χ0n) is 16.4. The van der Waals surface area contributed by atoms with Gasteiger partial charge in [-0.25, -0.2) is 0 Å². The zero-order chi connectivity index (χ0) is 21.0. The highest BCUT2D eigenvalue weighted by atomic mass is 16.2. The van der Waals surface area contributed by atoms with Crippen molar-refractivity contribution in [2.45, 2.75) is 25.7 Å². The van der Waals surface area contributed by atoms with Crippen molar-refractivity contribution in [3.05, 3.63) is 47.3 Å². The number of rotatable bonds is 8.